The van der Waals surface area contributed by atoms with Gasteiger partial charge < -0.3 is 10.1 Å². The van der Waals surface area contributed by atoms with E-state index in [0.29, 0.717) is 12.2 Å². The van der Waals surface area contributed by atoms with Crippen LogP contribution in [0, 0.1) is 13.8 Å². The van der Waals surface area contributed by atoms with Crippen LogP contribution in [0.5, 0.6) is 0 Å². The lowest BCUT2D eigenvalue weighted by atomic mass is 10.0. The maximum atomic E-state index is 11.7. The number of ether oxygens (including phenoxy) is 1. The first-order valence-electron chi connectivity index (χ1n) is 7.18. The molecule has 2 aromatic rings. The molecule has 3 heteroatoms. The van der Waals surface area contributed by atoms with Gasteiger partial charge in [-0.15, -0.1) is 0 Å². The number of anilines is 1. The minimum atomic E-state index is -0.284. The number of aryl methyl sites for hydroxylation is 1. The van der Waals surface area contributed by atoms with Gasteiger partial charge in [-0.2, -0.15) is 0 Å². The van der Waals surface area contributed by atoms with Crippen LogP contribution in [0.25, 0.3) is 0 Å². The van der Waals surface area contributed by atoms with Gasteiger partial charge in [-0.3, -0.25) is 0 Å². The van der Waals surface area contributed by atoms with Gasteiger partial charge in [0.2, 0.25) is 0 Å². The van der Waals surface area contributed by atoms with E-state index in [4.69, 9.17) is 4.74 Å². The lowest BCUT2D eigenvalue weighted by molar-refractivity contribution is 0.0526. The van der Waals surface area contributed by atoms with Crippen LogP contribution >= 0.6 is 0 Å². The zero-order chi connectivity index (χ0) is 15.2. The Labute approximate surface area is 126 Å². The minimum Gasteiger partial charge on any atom is -0.462 e. The normalized spacial score (nSPS) is 10.2. The van der Waals surface area contributed by atoms with Crippen LogP contribution in [0.15, 0.2) is 42.5 Å². The molecule has 0 aliphatic rings. The second kappa shape index (κ2) is 6.93. The third kappa shape index (κ3) is 3.85. The zero-order valence-electron chi connectivity index (χ0n) is 12.8. The van der Waals surface area contributed by atoms with Crippen molar-refractivity contribution < 1.29 is 9.53 Å². The average molecular weight is 283 g/mol. The quantitative estimate of drug-likeness (QED) is 0.840. The van der Waals surface area contributed by atoms with E-state index in [-0.39, 0.29) is 5.97 Å². The molecule has 0 aromatic heterocycles. The second-order valence-electron chi connectivity index (χ2n) is 5.01. The number of benzene rings is 2. The molecule has 0 spiro atoms. The van der Waals surface area contributed by atoms with Crippen LogP contribution in [0.4, 0.5) is 5.69 Å². The predicted octanol–water partition coefficient (Wildman–Crippen LogP) is 4.09. The molecule has 0 amide bonds. The topological polar surface area (TPSA) is 38.3 Å². The summed E-state index contributed by atoms with van der Waals surface area (Å²) in [6.07, 6.45) is 0. The van der Waals surface area contributed by atoms with Crippen molar-refractivity contribution in [1.29, 1.82) is 0 Å². The van der Waals surface area contributed by atoms with Crippen molar-refractivity contribution in [3.8, 4) is 0 Å². The number of hydrogen-bond donors (Lipinski definition) is 1. The highest BCUT2D eigenvalue weighted by Crippen LogP contribution is 2.16. The summed E-state index contributed by atoms with van der Waals surface area (Å²) in [7, 11) is 0. The number of hydrogen-bond acceptors (Lipinski definition) is 3. The molecule has 2 rings (SSSR count). The molecule has 0 aliphatic heterocycles. The molecular formula is C18H21NO2. The fourth-order valence-corrected chi connectivity index (χ4v) is 2.17. The van der Waals surface area contributed by atoms with Gasteiger partial charge in [-0.1, -0.05) is 24.3 Å². The van der Waals surface area contributed by atoms with Crippen molar-refractivity contribution in [2.75, 3.05) is 11.9 Å². The van der Waals surface area contributed by atoms with Gasteiger partial charge in [0.05, 0.1) is 12.2 Å². The molecule has 0 atom stereocenters. The number of carbonyl (C=O) groups excluding carboxylic acids is 1. The molecular weight excluding hydrogens is 262 g/mol. The Morgan fingerprint density at radius 2 is 1.90 bits per heavy atom. The van der Waals surface area contributed by atoms with Crippen molar-refractivity contribution >= 4 is 11.7 Å². The van der Waals surface area contributed by atoms with E-state index >= 15 is 0 Å². The van der Waals surface area contributed by atoms with Crippen LogP contribution in [-0.2, 0) is 11.3 Å². The van der Waals surface area contributed by atoms with E-state index < -0.39 is 0 Å². The average Bonchev–Trinajstić information content (AvgIpc) is 2.49. The van der Waals surface area contributed by atoms with Crippen LogP contribution in [-0.4, -0.2) is 12.6 Å². The fourth-order valence-electron chi connectivity index (χ4n) is 2.17. The van der Waals surface area contributed by atoms with E-state index in [1.165, 1.54) is 16.7 Å². The molecule has 2 aromatic carbocycles. The van der Waals surface area contributed by atoms with Gasteiger partial charge in [-0.05, 0) is 55.7 Å². The van der Waals surface area contributed by atoms with Crippen LogP contribution in [0.2, 0.25) is 0 Å². The summed E-state index contributed by atoms with van der Waals surface area (Å²) >= 11 is 0. The first kappa shape index (κ1) is 15.1. The molecule has 0 heterocycles. The first-order valence-corrected chi connectivity index (χ1v) is 7.18. The van der Waals surface area contributed by atoms with Crippen LogP contribution in [0.1, 0.15) is 34.0 Å². The lowest BCUT2D eigenvalue weighted by Crippen LogP contribution is -2.06. The molecule has 0 saturated carbocycles. The molecule has 110 valence electrons. The Hall–Kier alpha value is -2.29. The van der Waals surface area contributed by atoms with E-state index in [1.54, 1.807) is 13.0 Å². The third-order valence-corrected chi connectivity index (χ3v) is 3.57. The highest BCUT2D eigenvalue weighted by molar-refractivity contribution is 5.90. The van der Waals surface area contributed by atoms with E-state index in [9.17, 15) is 4.79 Å². The van der Waals surface area contributed by atoms with Gasteiger partial charge in [0.25, 0.3) is 0 Å². The number of esters is 1. The summed E-state index contributed by atoms with van der Waals surface area (Å²) in [6.45, 7) is 7.17. The second-order valence-corrected chi connectivity index (χ2v) is 5.01. The molecule has 0 fully saturated rings. The van der Waals surface area contributed by atoms with E-state index in [0.717, 1.165) is 12.2 Å². The van der Waals surface area contributed by atoms with Crippen molar-refractivity contribution in [3.05, 3.63) is 64.7 Å². The van der Waals surface area contributed by atoms with Crippen LogP contribution < -0.4 is 5.32 Å². The Balaban J connectivity index is 2.08. The summed E-state index contributed by atoms with van der Waals surface area (Å²) in [4.78, 5) is 11.7. The lowest BCUT2D eigenvalue weighted by Gasteiger charge is -2.11. The maximum Gasteiger partial charge on any atom is 0.338 e. The molecule has 0 bridgehead atoms. The standard InChI is InChI=1S/C18H21NO2/c1-4-21-18(20)15-8-6-10-17(11-15)19-12-16-9-5-7-13(2)14(16)3/h5-11,19H,4,12H2,1-3H3. The van der Waals surface area contributed by atoms with Crippen molar-refractivity contribution in [2.24, 2.45) is 0 Å². The summed E-state index contributed by atoms with van der Waals surface area (Å²) in [5.41, 5.74) is 5.34. The summed E-state index contributed by atoms with van der Waals surface area (Å²) in [5, 5.41) is 3.36. The molecule has 1 N–H and O–H groups in total. The molecule has 0 aliphatic carbocycles. The highest BCUT2D eigenvalue weighted by Gasteiger charge is 2.07. The third-order valence-electron chi connectivity index (χ3n) is 3.57. The smallest absolute Gasteiger partial charge is 0.338 e. The summed E-state index contributed by atoms with van der Waals surface area (Å²) in [5.74, 6) is -0.284. The molecule has 0 saturated heterocycles. The van der Waals surface area contributed by atoms with Gasteiger partial charge >= 0.3 is 5.97 Å². The number of nitrogens with one attached hydrogen (secondary N) is 1. The zero-order valence-corrected chi connectivity index (χ0v) is 12.8. The first-order chi connectivity index (χ1) is 10.1. The molecule has 0 unspecified atom stereocenters. The highest BCUT2D eigenvalue weighted by atomic mass is 16.5. The van der Waals surface area contributed by atoms with Gasteiger partial charge in [0.15, 0.2) is 0 Å². The van der Waals surface area contributed by atoms with Crippen molar-refractivity contribution in [1.82, 2.24) is 0 Å². The van der Waals surface area contributed by atoms with Crippen LogP contribution in [0.3, 0.4) is 0 Å². The van der Waals surface area contributed by atoms with Crippen molar-refractivity contribution in [3.63, 3.8) is 0 Å². The number of rotatable bonds is 5. The summed E-state index contributed by atoms with van der Waals surface area (Å²) < 4.78 is 5.01. The molecule has 21 heavy (non-hydrogen) atoms. The Kier molecular flexibility index (Phi) is 4.99. The summed E-state index contributed by atoms with van der Waals surface area (Å²) in [6, 6.07) is 13.7. The minimum absolute atomic E-state index is 0.284. The van der Waals surface area contributed by atoms with Crippen molar-refractivity contribution in [2.45, 2.75) is 27.3 Å². The SMILES string of the molecule is CCOC(=O)c1cccc(NCc2cccc(C)c2C)c1. The Morgan fingerprint density at radius 1 is 1.14 bits per heavy atom. The van der Waals surface area contributed by atoms with Gasteiger partial charge in [0, 0.05) is 12.2 Å². The van der Waals surface area contributed by atoms with Gasteiger partial charge in [-0.25, -0.2) is 4.79 Å². The van der Waals surface area contributed by atoms with E-state index in [2.05, 4.69) is 37.4 Å². The monoisotopic (exact) mass is 283 g/mol. The largest absolute Gasteiger partial charge is 0.462 e. The fraction of sp³-hybridized carbons (Fsp3) is 0.278. The predicted molar refractivity (Wildman–Crippen MR) is 85.6 cm³/mol. The van der Waals surface area contributed by atoms with Gasteiger partial charge in [0.1, 0.15) is 0 Å². The van der Waals surface area contributed by atoms with E-state index in [1.807, 2.05) is 18.2 Å². The maximum absolute atomic E-state index is 11.7. The molecule has 3 nitrogen and oxygen atoms in total. The Bertz CT molecular complexity index is 635. The number of carbonyl (C=O) groups is 1. The molecule has 0 radical (unpaired) electrons. The Morgan fingerprint density at radius 3 is 2.67 bits per heavy atom.